The first-order chi connectivity index (χ1) is 27.2. The molecule has 0 spiro atoms. The largest absolute Gasteiger partial charge is 0.228 e. The Morgan fingerprint density at radius 1 is 0.291 bits per heavy atom. The number of rotatable bonds is 7. The molecular weight excluding hydrogens is 689 g/mol. The van der Waals surface area contributed by atoms with Gasteiger partial charge in [-0.05, 0) is 35.4 Å². The summed E-state index contributed by atoms with van der Waals surface area (Å²) < 4.78 is 2.40. The molecule has 7 aromatic carbocycles. The van der Waals surface area contributed by atoms with Crippen molar-refractivity contribution < 1.29 is 0 Å². The van der Waals surface area contributed by atoms with Crippen LogP contribution in [-0.4, -0.2) is 19.9 Å². The summed E-state index contributed by atoms with van der Waals surface area (Å²) in [6.07, 6.45) is 0. The molecule has 3 heterocycles. The number of aromatic nitrogens is 4. The van der Waals surface area contributed by atoms with Gasteiger partial charge in [0, 0.05) is 53.6 Å². The van der Waals surface area contributed by atoms with Crippen molar-refractivity contribution in [1.82, 2.24) is 19.9 Å². The van der Waals surface area contributed by atoms with Crippen molar-refractivity contribution in [2.24, 2.45) is 0 Å². The van der Waals surface area contributed by atoms with Crippen molar-refractivity contribution in [1.29, 1.82) is 0 Å². The monoisotopic (exact) mass is 720 g/mol. The van der Waals surface area contributed by atoms with Crippen LogP contribution in [0.4, 0.5) is 0 Å². The third-order valence-electron chi connectivity index (χ3n) is 9.94. The fraction of sp³-hybridized carbons (Fsp3) is 0. The van der Waals surface area contributed by atoms with Crippen LogP contribution in [0, 0.1) is 0 Å². The second kappa shape index (κ2) is 14.0. The molecule has 0 saturated heterocycles. The van der Waals surface area contributed by atoms with Gasteiger partial charge in [-0.1, -0.05) is 170 Å². The van der Waals surface area contributed by atoms with E-state index in [0.717, 1.165) is 61.7 Å². The van der Waals surface area contributed by atoms with Gasteiger partial charge >= 0.3 is 0 Å². The fourth-order valence-electron chi connectivity index (χ4n) is 7.18. The van der Waals surface area contributed by atoms with Crippen molar-refractivity contribution >= 4 is 31.5 Å². The SMILES string of the molecule is c1ccc(-c2ccc(-c3nc(-c4ccccc4)cc(-c4ccc5c(c4)sc4cccc(-c6cc(-c7ccccc7)nc(-c7ccccc7)n6)c45)n3)cc2)cc1. The number of benzene rings is 7. The maximum absolute atomic E-state index is 5.18. The maximum atomic E-state index is 5.18. The van der Waals surface area contributed by atoms with Crippen LogP contribution in [-0.2, 0) is 0 Å². The highest BCUT2D eigenvalue weighted by Crippen LogP contribution is 2.42. The van der Waals surface area contributed by atoms with Crippen LogP contribution in [0.3, 0.4) is 0 Å². The summed E-state index contributed by atoms with van der Waals surface area (Å²) in [6, 6.07) is 67.3. The van der Waals surface area contributed by atoms with E-state index in [1.54, 1.807) is 11.3 Å². The third-order valence-corrected chi connectivity index (χ3v) is 11.1. The van der Waals surface area contributed by atoms with Crippen molar-refractivity contribution in [2.75, 3.05) is 0 Å². The zero-order valence-corrected chi connectivity index (χ0v) is 30.5. The topological polar surface area (TPSA) is 51.6 Å². The van der Waals surface area contributed by atoms with Gasteiger partial charge in [0.1, 0.15) is 0 Å². The van der Waals surface area contributed by atoms with Crippen LogP contribution < -0.4 is 0 Å². The molecule has 0 bridgehead atoms. The summed E-state index contributed by atoms with van der Waals surface area (Å²) in [5, 5.41) is 2.38. The van der Waals surface area contributed by atoms with Crippen molar-refractivity contribution in [3.05, 3.63) is 194 Å². The van der Waals surface area contributed by atoms with Gasteiger partial charge in [-0.15, -0.1) is 11.3 Å². The summed E-state index contributed by atoms with van der Waals surface area (Å²) in [5.74, 6) is 1.40. The molecule has 10 rings (SSSR count). The van der Waals surface area contributed by atoms with Gasteiger partial charge in [0.25, 0.3) is 0 Å². The van der Waals surface area contributed by atoms with Crippen molar-refractivity contribution in [2.45, 2.75) is 0 Å². The van der Waals surface area contributed by atoms with Gasteiger partial charge in [-0.2, -0.15) is 0 Å². The molecule has 55 heavy (non-hydrogen) atoms. The minimum Gasteiger partial charge on any atom is -0.228 e. The van der Waals surface area contributed by atoms with E-state index in [0.29, 0.717) is 11.6 Å². The molecule has 258 valence electrons. The molecule has 5 heteroatoms. The van der Waals surface area contributed by atoms with E-state index in [9.17, 15) is 0 Å². The van der Waals surface area contributed by atoms with E-state index in [2.05, 4.69) is 158 Å². The zero-order valence-electron chi connectivity index (χ0n) is 29.7. The first-order valence-corrected chi connectivity index (χ1v) is 19.1. The minimum atomic E-state index is 0.696. The molecule has 0 aliphatic carbocycles. The Morgan fingerprint density at radius 3 is 1.33 bits per heavy atom. The molecule has 0 unspecified atom stereocenters. The molecule has 0 aliphatic rings. The average molecular weight is 721 g/mol. The highest BCUT2D eigenvalue weighted by atomic mass is 32.1. The van der Waals surface area contributed by atoms with Crippen LogP contribution in [0.2, 0.25) is 0 Å². The first kappa shape index (κ1) is 32.6. The minimum absolute atomic E-state index is 0.696. The predicted molar refractivity (Wildman–Crippen MR) is 229 cm³/mol. The van der Waals surface area contributed by atoms with Crippen molar-refractivity contribution in [3.63, 3.8) is 0 Å². The molecule has 0 fully saturated rings. The molecule has 10 aromatic rings. The number of fused-ring (bicyclic) bond motifs is 3. The van der Waals surface area contributed by atoms with Gasteiger partial charge < -0.3 is 0 Å². The van der Waals surface area contributed by atoms with Crippen LogP contribution in [0.1, 0.15) is 0 Å². The van der Waals surface area contributed by atoms with Gasteiger partial charge in [0.05, 0.1) is 22.8 Å². The van der Waals surface area contributed by atoms with Crippen LogP contribution in [0.5, 0.6) is 0 Å². The van der Waals surface area contributed by atoms with Crippen molar-refractivity contribution in [3.8, 4) is 78.9 Å². The molecule has 0 atom stereocenters. The maximum Gasteiger partial charge on any atom is 0.160 e. The Balaban J connectivity index is 1.10. The number of hydrogen-bond acceptors (Lipinski definition) is 5. The molecule has 0 saturated carbocycles. The Bertz CT molecular complexity index is 2890. The number of hydrogen-bond donors (Lipinski definition) is 0. The summed E-state index contributed by atoms with van der Waals surface area (Å²) in [7, 11) is 0. The van der Waals surface area contributed by atoms with Gasteiger partial charge in [0.2, 0.25) is 0 Å². The fourth-order valence-corrected chi connectivity index (χ4v) is 8.35. The van der Waals surface area contributed by atoms with E-state index >= 15 is 0 Å². The smallest absolute Gasteiger partial charge is 0.160 e. The zero-order chi connectivity index (χ0) is 36.6. The standard InChI is InChI=1S/C50H32N4S/c1-5-14-33(15-6-1)34-24-26-38(27-25-34)50-51-42(35-16-7-2-8-17-35)31-44(53-50)39-28-29-41-47(30-39)55-46-23-13-22-40(48(41)46)45-32-43(36-18-9-3-10-19-36)52-49(54-45)37-20-11-4-12-21-37/h1-32H. The van der Waals surface area contributed by atoms with E-state index in [1.165, 1.54) is 25.7 Å². The van der Waals surface area contributed by atoms with Gasteiger partial charge in [-0.25, -0.2) is 19.9 Å². The van der Waals surface area contributed by atoms with E-state index in [1.807, 2.05) is 36.4 Å². The normalized spacial score (nSPS) is 11.3. The summed E-state index contributed by atoms with van der Waals surface area (Å²) in [4.78, 5) is 20.5. The Hall–Kier alpha value is -7.08. The molecule has 0 aliphatic heterocycles. The van der Waals surface area contributed by atoms with Gasteiger partial charge in [-0.3, -0.25) is 0 Å². The molecule has 0 N–H and O–H groups in total. The summed E-state index contributed by atoms with van der Waals surface area (Å²) in [5.41, 5.74) is 12.1. The van der Waals surface area contributed by atoms with E-state index in [-0.39, 0.29) is 0 Å². The lowest BCUT2D eigenvalue weighted by atomic mass is 10.00. The lowest BCUT2D eigenvalue weighted by molar-refractivity contribution is 1.18. The number of nitrogens with zero attached hydrogens (tertiary/aromatic N) is 4. The highest BCUT2D eigenvalue weighted by Gasteiger charge is 2.17. The molecule has 0 radical (unpaired) electrons. The average Bonchev–Trinajstić information content (AvgIpc) is 3.66. The number of thiophene rings is 1. The van der Waals surface area contributed by atoms with Gasteiger partial charge in [0.15, 0.2) is 11.6 Å². The van der Waals surface area contributed by atoms with E-state index in [4.69, 9.17) is 19.9 Å². The highest BCUT2D eigenvalue weighted by molar-refractivity contribution is 7.26. The molecule has 3 aromatic heterocycles. The molecular formula is C50H32N4S. The Morgan fingerprint density at radius 2 is 0.727 bits per heavy atom. The lowest BCUT2D eigenvalue weighted by Crippen LogP contribution is -1.96. The van der Waals surface area contributed by atoms with Crippen LogP contribution >= 0.6 is 11.3 Å². The summed E-state index contributed by atoms with van der Waals surface area (Å²) in [6.45, 7) is 0. The lowest BCUT2D eigenvalue weighted by Gasteiger charge is -2.11. The van der Waals surface area contributed by atoms with Crippen LogP contribution in [0.15, 0.2) is 194 Å². The second-order valence-corrected chi connectivity index (χ2v) is 14.5. The Kier molecular flexibility index (Phi) is 8.32. The quantitative estimate of drug-likeness (QED) is 0.164. The van der Waals surface area contributed by atoms with E-state index < -0.39 is 0 Å². The summed E-state index contributed by atoms with van der Waals surface area (Å²) >= 11 is 1.79. The Labute approximate surface area is 323 Å². The third kappa shape index (κ3) is 6.37. The first-order valence-electron chi connectivity index (χ1n) is 18.3. The molecule has 0 amide bonds. The van der Waals surface area contributed by atoms with Crippen LogP contribution in [0.25, 0.3) is 99.1 Å². The second-order valence-electron chi connectivity index (χ2n) is 13.5. The predicted octanol–water partition coefficient (Wildman–Crippen LogP) is 13.3. The molecule has 4 nitrogen and oxygen atoms in total.